The van der Waals surface area contributed by atoms with Gasteiger partial charge in [-0.05, 0) is 31.5 Å². The van der Waals surface area contributed by atoms with E-state index in [9.17, 15) is 4.79 Å². The number of nitrogens with one attached hydrogen (secondary N) is 1. The van der Waals surface area contributed by atoms with Crippen LogP contribution in [0, 0.1) is 6.92 Å². The van der Waals surface area contributed by atoms with Gasteiger partial charge in [-0.25, -0.2) is 4.79 Å². The number of anilines is 1. The monoisotopic (exact) mass is 256 g/mol. The number of likely N-dealkylation sites (N-methyl/N-ethyl adjacent to an activating group) is 1. The van der Waals surface area contributed by atoms with Gasteiger partial charge < -0.3 is 15.3 Å². The Morgan fingerprint density at radius 1 is 1.59 bits per heavy atom. The first kappa shape index (κ1) is 13.8. The Labute approximate surface area is 106 Å². The van der Waals surface area contributed by atoms with Gasteiger partial charge in [0.1, 0.15) is 0 Å². The molecule has 1 atom stereocenters. The standard InChI is InChI=1S/C12H17ClN2O2/c1-8-4-5-11(10(13)6-8)14-12(17)15(3)9(2)7-16/h4-6,9,16H,7H2,1-3H3,(H,14,17). The molecule has 0 radical (unpaired) electrons. The van der Waals surface area contributed by atoms with Crippen molar-refractivity contribution in [2.75, 3.05) is 19.0 Å². The molecule has 17 heavy (non-hydrogen) atoms. The van der Waals surface area contributed by atoms with Crippen molar-refractivity contribution < 1.29 is 9.90 Å². The molecular weight excluding hydrogens is 240 g/mol. The molecule has 94 valence electrons. The first-order valence-corrected chi connectivity index (χ1v) is 5.74. The highest BCUT2D eigenvalue weighted by Gasteiger charge is 2.15. The lowest BCUT2D eigenvalue weighted by molar-refractivity contribution is 0.166. The van der Waals surface area contributed by atoms with E-state index in [4.69, 9.17) is 16.7 Å². The molecule has 4 nitrogen and oxygen atoms in total. The van der Waals surface area contributed by atoms with Gasteiger partial charge in [-0.2, -0.15) is 0 Å². The highest BCUT2D eigenvalue weighted by Crippen LogP contribution is 2.23. The Balaban J connectivity index is 2.74. The molecule has 0 aliphatic rings. The van der Waals surface area contributed by atoms with Crippen LogP contribution in [0.15, 0.2) is 18.2 Å². The second kappa shape index (κ2) is 5.89. The van der Waals surface area contributed by atoms with Crippen LogP contribution in [-0.2, 0) is 0 Å². The number of urea groups is 1. The molecule has 0 spiro atoms. The third-order valence-electron chi connectivity index (χ3n) is 2.61. The molecule has 1 aromatic rings. The molecule has 0 saturated carbocycles. The molecule has 2 N–H and O–H groups in total. The van der Waals surface area contributed by atoms with E-state index in [2.05, 4.69) is 5.32 Å². The van der Waals surface area contributed by atoms with Crippen LogP contribution in [0.4, 0.5) is 10.5 Å². The molecule has 5 heteroatoms. The van der Waals surface area contributed by atoms with Gasteiger partial charge in [0, 0.05) is 7.05 Å². The van der Waals surface area contributed by atoms with Gasteiger partial charge in [0.2, 0.25) is 0 Å². The molecular formula is C12H17ClN2O2. The van der Waals surface area contributed by atoms with E-state index in [1.807, 2.05) is 13.0 Å². The zero-order chi connectivity index (χ0) is 13.0. The minimum absolute atomic E-state index is 0.0778. The predicted molar refractivity (Wildman–Crippen MR) is 69.5 cm³/mol. The number of amides is 2. The lowest BCUT2D eigenvalue weighted by atomic mass is 10.2. The van der Waals surface area contributed by atoms with E-state index in [0.29, 0.717) is 10.7 Å². The van der Waals surface area contributed by atoms with Crippen LogP contribution >= 0.6 is 11.6 Å². The number of rotatable bonds is 3. The number of hydrogen-bond donors (Lipinski definition) is 2. The summed E-state index contributed by atoms with van der Waals surface area (Å²) in [4.78, 5) is 13.2. The van der Waals surface area contributed by atoms with Crippen LogP contribution in [0.3, 0.4) is 0 Å². The normalized spacial score (nSPS) is 12.1. The highest BCUT2D eigenvalue weighted by atomic mass is 35.5. The van der Waals surface area contributed by atoms with E-state index in [-0.39, 0.29) is 18.7 Å². The van der Waals surface area contributed by atoms with Gasteiger partial charge in [0.05, 0.1) is 23.4 Å². The first-order chi connectivity index (χ1) is 7.95. The first-order valence-electron chi connectivity index (χ1n) is 5.36. The van der Waals surface area contributed by atoms with Crippen LogP contribution in [0.25, 0.3) is 0 Å². The maximum absolute atomic E-state index is 11.8. The van der Waals surface area contributed by atoms with Gasteiger partial charge in [-0.1, -0.05) is 17.7 Å². The Kier molecular flexibility index (Phi) is 4.78. The van der Waals surface area contributed by atoms with Crippen molar-refractivity contribution in [2.24, 2.45) is 0 Å². The predicted octanol–water partition coefficient (Wildman–Crippen LogP) is 2.49. The molecule has 0 aliphatic carbocycles. The molecule has 0 aromatic heterocycles. The van der Waals surface area contributed by atoms with Crippen molar-refractivity contribution in [3.05, 3.63) is 28.8 Å². The largest absolute Gasteiger partial charge is 0.394 e. The summed E-state index contributed by atoms with van der Waals surface area (Å²) in [5.74, 6) is 0. The fraction of sp³-hybridized carbons (Fsp3) is 0.417. The van der Waals surface area contributed by atoms with Gasteiger partial charge in [0.15, 0.2) is 0 Å². The summed E-state index contributed by atoms with van der Waals surface area (Å²) in [7, 11) is 1.62. The molecule has 0 heterocycles. The molecule has 1 rings (SSSR count). The average molecular weight is 257 g/mol. The molecule has 0 saturated heterocycles. The molecule has 0 aliphatic heterocycles. The van der Waals surface area contributed by atoms with E-state index >= 15 is 0 Å². The molecule has 0 fully saturated rings. The van der Waals surface area contributed by atoms with Crippen LogP contribution in [0.5, 0.6) is 0 Å². The summed E-state index contributed by atoms with van der Waals surface area (Å²) >= 11 is 6.01. The van der Waals surface area contributed by atoms with E-state index in [1.165, 1.54) is 4.90 Å². The number of benzene rings is 1. The topological polar surface area (TPSA) is 52.6 Å². The highest BCUT2D eigenvalue weighted by molar-refractivity contribution is 6.33. The second-order valence-electron chi connectivity index (χ2n) is 4.06. The number of aryl methyl sites for hydroxylation is 1. The molecule has 0 bridgehead atoms. The Morgan fingerprint density at radius 2 is 2.24 bits per heavy atom. The van der Waals surface area contributed by atoms with Crippen molar-refractivity contribution >= 4 is 23.3 Å². The zero-order valence-electron chi connectivity index (χ0n) is 10.2. The number of aliphatic hydroxyl groups is 1. The summed E-state index contributed by atoms with van der Waals surface area (Å²) in [5.41, 5.74) is 1.60. The van der Waals surface area contributed by atoms with Crippen molar-refractivity contribution in [3.8, 4) is 0 Å². The number of aliphatic hydroxyl groups excluding tert-OH is 1. The lowest BCUT2D eigenvalue weighted by Gasteiger charge is -2.23. The Hall–Kier alpha value is -1.26. The molecule has 2 amide bonds. The molecule has 1 unspecified atom stereocenters. The van der Waals surface area contributed by atoms with Crippen LogP contribution in [0.1, 0.15) is 12.5 Å². The van der Waals surface area contributed by atoms with E-state index in [0.717, 1.165) is 5.56 Å². The maximum atomic E-state index is 11.8. The van der Waals surface area contributed by atoms with Crippen LogP contribution in [-0.4, -0.2) is 35.7 Å². The lowest BCUT2D eigenvalue weighted by Crippen LogP contribution is -2.40. The fourth-order valence-corrected chi connectivity index (χ4v) is 1.53. The van der Waals surface area contributed by atoms with Crippen molar-refractivity contribution in [2.45, 2.75) is 19.9 Å². The number of carbonyl (C=O) groups is 1. The minimum Gasteiger partial charge on any atom is -0.394 e. The van der Waals surface area contributed by atoms with Gasteiger partial charge >= 0.3 is 6.03 Å². The SMILES string of the molecule is Cc1ccc(NC(=O)N(C)C(C)CO)c(Cl)c1. The third kappa shape index (κ3) is 3.61. The summed E-state index contributed by atoms with van der Waals surface area (Å²) in [6, 6.07) is 4.88. The van der Waals surface area contributed by atoms with Crippen LogP contribution < -0.4 is 5.32 Å². The fourth-order valence-electron chi connectivity index (χ4n) is 1.25. The number of halogens is 1. The summed E-state index contributed by atoms with van der Waals surface area (Å²) < 4.78 is 0. The Bertz CT molecular complexity index is 409. The summed E-state index contributed by atoms with van der Waals surface area (Å²) in [6.07, 6.45) is 0. The quantitative estimate of drug-likeness (QED) is 0.873. The zero-order valence-corrected chi connectivity index (χ0v) is 11.0. The summed E-state index contributed by atoms with van der Waals surface area (Å²) in [5, 5.41) is 12.2. The molecule has 1 aromatic carbocycles. The maximum Gasteiger partial charge on any atom is 0.321 e. The van der Waals surface area contributed by atoms with Gasteiger partial charge in [0.25, 0.3) is 0 Å². The second-order valence-corrected chi connectivity index (χ2v) is 4.46. The van der Waals surface area contributed by atoms with E-state index in [1.54, 1.807) is 26.1 Å². The third-order valence-corrected chi connectivity index (χ3v) is 2.92. The summed E-state index contributed by atoms with van der Waals surface area (Å²) in [6.45, 7) is 3.61. The number of hydrogen-bond acceptors (Lipinski definition) is 2. The van der Waals surface area contributed by atoms with Crippen molar-refractivity contribution in [1.82, 2.24) is 4.90 Å². The Morgan fingerprint density at radius 3 is 2.76 bits per heavy atom. The average Bonchev–Trinajstić information content (AvgIpc) is 2.30. The number of nitrogens with zero attached hydrogens (tertiary/aromatic N) is 1. The van der Waals surface area contributed by atoms with E-state index < -0.39 is 0 Å². The smallest absolute Gasteiger partial charge is 0.321 e. The number of carbonyl (C=O) groups excluding carboxylic acids is 1. The van der Waals surface area contributed by atoms with Crippen molar-refractivity contribution in [1.29, 1.82) is 0 Å². The minimum atomic E-state index is -0.294. The van der Waals surface area contributed by atoms with Gasteiger partial charge in [-0.15, -0.1) is 0 Å². The van der Waals surface area contributed by atoms with Crippen molar-refractivity contribution in [3.63, 3.8) is 0 Å². The van der Waals surface area contributed by atoms with Gasteiger partial charge in [-0.3, -0.25) is 0 Å². The van der Waals surface area contributed by atoms with Crippen LogP contribution in [0.2, 0.25) is 5.02 Å².